The van der Waals surface area contributed by atoms with Crippen molar-refractivity contribution in [2.45, 2.75) is 6.92 Å². The summed E-state index contributed by atoms with van der Waals surface area (Å²) in [6.07, 6.45) is 1.60. The van der Waals surface area contributed by atoms with E-state index in [0.717, 1.165) is 16.9 Å². The molecule has 134 valence electrons. The summed E-state index contributed by atoms with van der Waals surface area (Å²) in [5.74, 6) is 0.562. The minimum absolute atomic E-state index is 0.169. The maximum atomic E-state index is 12.9. The highest BCUT2D eigenvalue weighted by Crippen LogP contribution is 2.16. The lowest BCUT2D eigenvalue weighted by molar-refractivity contribution is 0.106. The van der Waals surface area contributed by atoms with Crippen LogP contribution in [0.4, 0.5) is 0 Å². The van der Waals surface area contributed by atoms with Gasteiger partial charge in [0.25, 0.3) is 0 Å². The van der Waals surface area contributed by atoms with Crippen LogP contribution in [0.1, 0.15) is 28.4 Å². The van der Waals surface area contributed by atoms with Crippen molar-refractivity contribution in [3.63, 3.8) is 0 Å². The zero-order chi connectivity index (χ0) is 18.9. The number of Topliss-reactive ketones (excluding diaryl/α,β-unsaturated/α-hetero) is 1. The average Bonchev–Trinajstić information content (AvgIpc) is 2.73. The molecule has 3 aromatic rings. The molecule has 0 fully saturated rings. The van der Waals surface area contributed by atoms with E-state index in [-0.39, 0.29) is 5.78 Å². The molecule has 0 saturated carbocycles. The smallest absolute Gasteiger partial charge is 0.213 e. The van der Waals surface area contributed by atoms with E-state index in [9.17, 15) is 4.79 Å². The second-order valence-corrected chi connectivity index (χ2v) is 5.73. The molecule has 0 atom stereocenters. The molecule has 0 radical (unpaired) electrons. The Morgan fingerprint density at radius 2 is 1.44 bits per heavy atom. The van der Waals surface area contributed by atoms with Gasteiger partial charge in [-0.05, 0) is 19.1 Å². The van der Waals surface area contributed by atoms with Crippen molar-refractivity contribution in [2.24, 2.45) is 10.2 Å². The number of benzene rings is 3. The zero-order valence-electron chi connectivity index (χ0n) is 15.1. The number of carbonyl (C=O) groups is 1. The number of hydrogen-bond donors (Lipinski definition) is 0. The molecule has 0 bridgehead atoms. The summed E-state index contributed by atoms with van der Waals surface area (Å²) in [5.41, 5.74) is 2.40. The van der Waals surface area contributed by atoms with Gasteiger partial charge in [0.1, 0.15) is 11.5 Å². The largest absolute Gasteiger partial charge is 0.493 e. The Kier molecular flexibility index (Phi) is 6.26. The number of nitrogens with zero attached hydrogens (tertiary/aromatic N) is 2. The van der Waals surface area contributed by atoms with E-state index < -0.39 is 0 Å². The first kappa shape index (κ1) is 18.3. The lowest BCUT2D eigenvalue weighted by Gasteiger charge is -2.06. The Bertz CT molecular complexity index is 948. The van der Waals surface area contributed by atoms with Crippen LogP contribution in [0.15, 0.2) is 95.1 Å². The predicted octanol–water partition coefficient (Wildman–Crippen LogP) is 4.79. The summed E-state index contributed by atoms with van der Waals surface area (Å²) in [6.45, 7) is 2.49. The number of rotatable bonds is 7. The Hall–Kier alpha value is -3.53. The van der Waals surface area contributed by atoms with E-state index in [1.807, 2.05) is 79.7 Å². The van der Waals surface area contributed by atoms with Crippen molar-refractivity contribution in [1.82, 2.24) is 0 Å². The van der Waals surface area contributed by atoms with Crippen molar-refractivity contribution in [3.8, 4) is 5.75 Å². The van der Waals surface area contributed by atoms with Gasteiger partial charge in [0.2, 0.25) is 5.78 Å². The van der Waals surface area contributed by atoms with E-state index in [0.29, 0.717) is 17.9 Å². The number of hydrogen-bond acceptors (Lipinski definition) is 4. The number of para-hydroxylation sites is 1. The second kappa shape index (κ2) is 9.25. The SMILES string of the molecule is CCOc1ccccc1C=NN=C(C(=O)c1ccccc1)c1ccccc1. The van der Waals surface area contributed by atoms with Crippen LogP contribution in [-0.2, 0) is 0 Å². The first-order valence-corrected chi connectivity index (χ1v) is 8.77. The predicted molar refractivity (Wildman–Crippen MR) is 109 cm³/mol. The van der Waals surface area contributed by atoms with Gasteiger partial charge in [-0.2, -0.15) is 5.10 Å². The fourth-order valence-corrected chi connectivity index (χ4v) is 2.58. The summed E-state index contributed by atoms with van der Waals surface area (Å²) in [5, 5.41) is 8.42. The summed E-state index contributed by atoms with van der Waals surface area (Å²) in [6, 6.07) is 26.0. The molecule has 3 aromatic carbocycles. The molecule has 0 aliphatic rings. The lowest BCUT2D eigenvalue weighted by atomic mass is 10.0. The normalized spacial score (nSPS) is 11.5. The molecule has 0 unspecified atom stereocenters. The molecule has 0 spiro atoms. The third-order valence-electron chi connectivity index (χ3n) is 3.87. The van der Waals surface area contributed by atoms with Crippen LogP contribution in [0.25, 0.3) is 0 Å². The molecule has 0 amide bonds. The van der Waals surface area contributed by atoms with Gasteiger partial charge in [-0.25, -0.2) is 0 Å². The molecule has 0 aliphatic carbocycles. The van der Waals surface area contributed by atoms with Gasteiger partial charge in [-0.3, -0.25) is 4.79 Å². The Morgan fingerprint density at radius 1 is 0.852 bits per heavy atom. The fourth-order valence-electron chi connectivity index (χ4n) is 2.58. The lowest BCUT2D eigenvalue weighted by Crippen LogP contribution is -2.15. The highest BCUT2D eigenvalue weighted by molar-refractivity contribution is 6.51. The maximum absolute atomic E-state index is 12.9. The monoisotopic (exact) mass is 356 g/mol. The average molecular weight is 356 g/mol. The van der Waals surface area contributed by atoms with Crippen molar-refractivity contribution in [2.75, 3.05) is 6.61 Å². The van der Waals surface area contributed by atoms with Gasteiger partial charge in [0.05, 0.1) is 12.8 Å². The molecule has 3 rings (SSSR count). The summed E-state index contributed by atoms with van der Waals surface area (Å²) >= 11 is 0. The summed E-state index contributed by atoms with van der Waals surface area (Å²) in [7, 11) is 0. The van der Waals surface area contributed by atoms with E-state index >= 15 is 0 Å². The van der Waals surface area contributed by atoms with Crippen LogP contribution < -0.4 is 4.74 Å². The maximum Gasteiger partial charge on any atom is 0.213 e. The topological polar surface area (TPSA) is 51.0 Å². The highest BCUT2D eigenvalue weighted by atomic mass is 16.5. The first-order valence-electron chi connectivity index (χ1n) is 8.77. The summed E-state index contributed by atoms with van der Waals surface area (Å²) < 4.78 is 5.59. The first-order chi connectivity index (χ1) is 13.3. The highest BCUT2D eigenvalue weighted by Gasteiger charge is 2.16. The number of carbonyl (C=O) groups excluding carboxylic acids is 1. The van der Waals surface area contributed by atoms with Crippen LogP contribution >= 0.6 is 0 Å². The van der Waals surface area contributed by atoms with Gasteiger partial charge in [0, 0.05) is 16.7 Å². The van der Waals surface area contributed by atoms with Crippen molar-refractivity contribution in [1.29, 1.82) is 0 Å². The van der Waals surface area contributed by atoms with E-state index in [4.69, 9.17) is 4.74 Å². The molecule has 0 heterocycles. The standard InChI is InChI=1S/C23H20N2O2/c1-2-27-21-16-10-9-15-20(21)17-24-25-22(18-11-5-3-6-12-18)23(26)19-13-7-4-8-14-19/h3-17H,2H2,1H3. The minimum Gasteiger partial charge on any atom is -0.493 e. The third kappa shape index (κ3) is 4.76. The van der Waals surface area contributed by atoms with Gasteiger partial charge in [0.15, 0.2) is 0 Å². The second-order valence-electron chi connectivity index (χ2n) is 5.73. The molecule has 27 heavy (non-hydrogen) atoms. The van der Waals surface area contributed by atoms with Crippen LogP contribution in [0.2, 0.25) is 0 Å². The van der Waals surface area contributed by atoms with Gasteiger partial charge < -0.3 is 4.74 Å². The van der Waals surface area contributed by atoms with E-state index in [1.54, 1.807) is 18.3 Å². The molecule has 0 saturated heterocycles. The van der Waals surface area contributed by atoms with Crippen LogP contribution in [-0.4, -0.2) is 24.3 Å². The Balaban J connectivity index is 1.95. The Labute approximate surface area is 158 Å². The Morgan fingerprint density at radius 3 is 2.11 bits per heavy atom. The van der Waals surface area contributed by atoms with Crippen molar-refractivity contribution >= 4 is 17.7 Å². The molecule has 0 N–H and O–H groups in total. The zero-order valence-corrected chi connectivity index (χ0v) is 15.1. The quantitative estimate of drug-likeness (QED) is 0.347. The summed E-state index contributed by atoms with van der Waals surface area (Å²) in [4.78, 5) is 12.9. The minimum atomic E-state index is -0.169. The third-order valence-corrected chi connectivity index (χ3v) is 3.87. The van der Waals surface area contributed by atoms with Crippen LogP contribution in [0.5, 0.6) is 5.75 Å². The van der Waals surface area contributed by atoms with E-state index in [2.05, 4.69) is 10.2 Å². The van der Waals surface area contributed by atoms with Gasteiger partial charge in [-0.1, -0.05) is 72.8 Å². The van der Waals surface area contributed by atoms with E-state index in [1.165, 1.54) is 0 Å². The molecular weight excluding hydrogens is 336 g/mol. The molecule has 4 nitrogen and oxygen atoms in total. The fraction of sp³-hybridized carbons (Fsp3) is 0.0870. The van der Waals surface area contributed by atoms with Crippen molar-refractivity contribution < 1.29 is 9.53 Å². The molecule has 0 aromatic heterocycles. The number of ketones is 1. The van der Waals surface area contributed by atoms with Crippen LogP contribution in [0, 0.1) is 0 Å². The van der Waals surface area contributed by atoms with Gasteiger partial charge >= 0.3 is 0 Å². The van der Waals surface area contributed by atoms with Crippen LogP contribution in [0.3, 0.4) is 0 Å². The number of ether oxygens (including phenoxy) is 1. The molecular formula is C23H20N2O2. The molecule has 4 heteroatoms. The van der Waals surface area contributed by atoms with Crippen molar-refractivity contribution in [3.05, 3.63) is 102 Å². The molecule has 0 aliphatic heterocycles. The van der Waals surface area contributed by atoms with Gasteiger partial charge in [-0.15, -0.1) is 5.10 Å².